The second kappa shape index (κ2) is 10.3. The van der Waals surface area contributed by atoms with E-state index in [0.29, 0.717) is 12.1 Å². The van der Waals surface area contributed by atoms with Crippen molar-refractivity contribution in [2.24, 2.45) is 17.8 Å². The third-order valence-electron chi connectivity index (χ3n) is 6.83. The number of fused-ring (bicyclic) bond motifs is 1. The molecule has 1 N–H and O–H groups in total. The van der Waals surface area contributed by atoms with Gasteiger partial charge < -0.3 is 10.1 Å². The average molecular weight is 475 g/mol. The van der Waals surface area contributed by atoms with Gasteiger partial charge in [-0.05, 0) is 60.6 Å². The molecular weight excluding hydrogens is 444 g/mol. The van der Waals surface area contributed by atoms with Gasteiger partial charge in [0.25, 0.3) is 5.91 Å². The Labute approximate surface area is 205 Å². The van der Waals surface area contributed by atoms with E-state index >= 15 is 0 Å². The zero-order valence-corrected chi connectivity index (χ0v) is 20.2. The quantitative estimate of drug-likeness (QED) is 0.367. The monoisotopic (exact) mass is 474 g/mol. The third kappa shape index (κ3) is 4.76. The molecule has 1 heterocycles. The molecule has 7 heteroatoms. The van der Waals surface area contributed by atoms with Crippen LogP contribution in [0.25, 0.3) is 0 Å². The number of carbonyl (C=O) groups is 4. The Morgan fingerprint density at radius 1 is 1.00 bits per heavy atom. The molecule has 1 saturated heterocycles. The lowest BCUT2D eigenvalue weighted by molar-refractivity contribution is -0.123. The van der Waals surface area contributed by atoms with E-state index < -0.39 is 18.5 Å². The summed E-state index contributed by atoms with van der Waals surface area (Å²) in [6, 6.07) is 12.0. The highest BCUT2D eigenvalue weighted by atomic mass is 16.5. The van der Waals surface area contributed by atoms with Crippen LogP contribution in [0, 0.1) is 17.8 Å². The van der Waals surface area contributed by atoms with Crippen LogP contribution < -0.4 is 10.2 Å². The van der Waals surface area contributed by atoms with Crippen LogP contribution in [-0.4, -0.2) is 30.3 Å². The second-order valence-electron chi connectivity index (χ2n) is 9.00. The molecule has 2 aliphatic rings. The van der Waals surface area contributed by atoms with Crippen molar-refractivity contribution in [3.8, 4) is 0 Å². The van der Waals surface area contributed by atoms with Crippen LogP contribution in [0.1, 0.15) is 48.7 Å². The van der Waals surface area contributed by atoms with Gasteiger partial charge in [0.2, 0.25) is 11.8 Å². The maximum Gasteiger partial charge on any atom is 0.338 e. The topological polar surface area (TPSA) is 92.8 Å². The zero-order chi connectivity index (χ0) is 25.1. The van der Waals surface area contributed by atoms with Crippen molar-refractivity contribution >= 4 is 35.1 Å². The van der Waals surface area contributed by atoms with Crippen LogP contribution in [-0.2, 0) is 32.0 Å². The first kappa shape index (κ1) is 24.4. The van der Waals surface area contributed by atoms with Gasteiger partial charge in [-0.15, -0.1) is 0 Å². The van der Waals surface area contributed by atoms with E-state index in [1.165, 1.54) is 17.0 Å². The Bertz CT molecular complexity index is 1160. The normalized spacial score (nSPS) is 21.1. The summed E-state index contributed by atoms with van der Waals surface area (Å²) in [5.74, 6) is -2.16. The Balaban J connectivity index is 1.38. The molecule has 1 fully saturated rings. The van der Waals surface area contributed by atoms with Crippen molar-refractivity contribution in [2.45, 2.75) is 40.0 Å². The predicted octanol–water partition coefficient (Wildman–Crippen LogP) is 4.31. The van der Waals surface area contributed by atoms with Crippen LogP contribution in [0.4, 0.5) is 11.4 Å². The van der Waals surface area contributed by atoms with Crippen molar-refractivity contribution in [3.63, 3.8) is 0 Å². The number of nitrogens with one attached hydrogen (secondary N) is 1. The largest absolute Gasteiger partial charge is 0.452 e. The summed E-state index contributed by atoms with van der Waals surface area (Å²) in [5.41, 5.74) is 3.48. The number of amides is 3. The summed E-state index contributed by atoms with van der Waals surface area (Å²) in [4.78, 5) is 52.0. The van der Waals surface area contributed by atoms with Gasteiger partial charge in [0, 0.05) is 5.69 Å². The fourth-order valence-electron chi connectivity index (χ4n) is 4.94. The summed E-state index contributed by atoms with van der Waals surface area (Å²) in [7, 11) is 0. The number of imide groups is 1. The Morgan fingerprint density at radius 2 is 1.66 bits per heavy atom. The van der Waals surface area contributed by atoms with Gasteiger partial charge in [0.1, 0.15) is 0 Å². The highest BCUT2D eigenvalue weighted by Gasteiger charge is 2.50. The molecule has 1 aliphatic heterocycles. The van der Waals surface area contributed by atoms with Gasteiger partial charge >= 0.3 is 5.97 Å². The van der Waals surface area contributed by atoms with Crippen molar-refractivity contribution in [1.29, 1.82) is 0 Å². The first-order valence-corrected chi connectivity index (χ1v) is 12.1. The van der Waals surface area contributed by atoms with Gasteiger partial charge in [0.05, 0.1) is 23.1 Å². The van der Waals surface area contributed by atoms with Gasteiger partial charge in [-0.2, -0.15) is 0 Å². The SMILES string of the molecule is CCc1cccc(CC)c1NC(=O)COC(=O)c1ccc(N2C(=O)[C@H]3[C@@H](C)C=CC[C@H]3C2=O)cc1. The number of allylic oxidation sites excluding steroid dienone is 2. The maximum atomic E-state index is 12.9. The minimum absolute atomic E-state index is 0.00768. The molecule has 0 saturated carbocycles. The molecule has 0 radical (unpaired) electrons. The van der Waals surface area contributed by atoms with Crippen LogP contribution in [0.15, 0.2) is 54.6 Å². The first-order valence-electron chi connectivity index (χ1n) is 12.1. The van der Waals surface area contributed by atoms with Gasteiger partial charge in [-0.25, -0.2) is 4.79 Å². The number of hydrogen-bond acceptors (Lipinski definition) is 5. The number of benzene rings is 2. The summed E-state index contributed by atoms with van der Waals surface area (Å²) in [5, 5.41) is 2.87. The smallest absolute Gasteiger partial charge is 0.338 e. The molecule has 2 aromatic rings. The highest BCUT2D eigenvalue weighted by Crippen LogP contribution is 2.40. The second-order valence-corrected chi connectivity index (χ2v) is 9.00. The zero-order valence-electron chi connectivity index (χ0n) is 20.2. The molecule has 2 aromatic carbocycles. The Kier molecular flexibility index (Phi) is 7.15. The molecule has 0 aromatic heterocycles. The van der Waals surface area contributed by atoms with E-state index in [1.54, 1.807) is 12.1 Å². The number of rotatable bonds is 7. The van der Waals surface area contributed by atoms with E-state index in [4.69, 9.17) is 4.74 Å². The summed E-state index contributed by atoms with van der Waals surface area (Å²) >= 11 is 0. The number of para-hydroxylation sites is 1. The average Bonchev–Trinajstić information content (AvgIpc) is 3.13. The van der Waals surface area contributed by atoms with Crippen LogP contribution >= 0.6 is 0 Å². The molecule has 35 heavy (non-hydrogen) atoms. The number of aryl methyl sites for hydroxylation is 2. The Morgan fingerprint density at radius 3 is 2.26 bits per heavy atom. The summed E-state index contributed by atoms with van der Waals surface area (Å²) < 4.78 is 5.20. The molecule has 4 rings (SSSR count). The number of carbonyl (C=O) groups excluding carboxylic acids is 4. The number of ether oxygens (including phenoxy) is 1. The molecule has 0 unspecified atom stereocenters. The molecule has 3 atom stereocenters. The van der Waals surface area contributed by atoms with Gasteiger partial charge in [-0.3, -0.25) is 19.3 Å². The van der Waals surface area contributed by atoms with Crippen molar-refractivity contribution < 1.29 is 23.9 Å². The molecule has 1 aliphatic carbocycles. The lowest BCUT2D eigenvalue weighted by atomic mass is 9.78. The van der Waals surface area contributed by atoms with Gasteiger partial charge in [0.15, 0.2) is 6.61 Å². The van der Waals surface area contributed by atoms with E-state index in [9.17, 15) is 19.2 Å². The van der Waals surface area contributed by atoms with Crippen molar-refractivity contribution in [2.75, 3.05) is 16.8 Å². The molecule has 7 nitrogen and oxygen atoms in total. The lowest BCUT2D eigenvalue weighted by Crippen LogP contribution is -2.31. The van der Waals surface area contributed by atoms with E-state index in [1.807, 2.05) is 51.1 Å². The van der Waals surface area contributed by atoms with E-state index in [0.717, 1.165) is 29.7 Å². The Hall–Kier alpha value is -3.74. The fraction of sp³-hybridized carbons (Fsp3) is 0.357. The van der Waals surface area contributed by atoms with Crippen molar-refractivity contribution in [1.82, 2.24) is 0 Å². The molecule has 3 amide bonds. The van der Waals surface area contributed by atoms with Crippen LogP contribution in [0.3, 0.4) is 0 Å². The summed E-state index contributed by atoms with van der Waals surface area (Å²) in [6.07, 6.45) is 6.04. The minimum atomic E-state index is -0.656. The minimum Gasteiger partial charge on any atom is -0.452 e. The third-order valence-corrected chi connectivity index (χ3v) is 6.83. The number of anilines is 2. The molecular formula is C28H30N2O5. The number of nitrogens with zero attached hydrogens (tertiary/aromatic N) is 1. The molecule has 182 valence electrons. The predicted molar refractivity (Wildman–Crippen MR) is 133 cm³/mol. The van der Waals surface area contributed by atoms with E-state index in [2.05, 4.69) is 5.32 Å². The lowest BCUT2D eigenvalue weighted by Gasteiger charge is -2.22. The van der Waals surface area contributed by atoms with Crippen molar-refractivity contribution in [3.05, 3.63) is 71.3 Å². The maximum absolute atomic E-state index is 12.9. The molecule has 0 bridgehead atoms. The first-order chi connectivity index (χ1) is 16.8. The number of esters is 1. The van der Waals surface area contributed by atoms with E-state index in [-0.39, 0.29) is 35.1 Å². The van der Waals surface area contributed by atoms with Crippen LogP contribution in [0.5, 0.6) is 0 Å². The highest BCUT2D eigenvalue weighted by molar-refractivity contribution is 6.22. The fourth-order valence-corrected chi connectivity index (χ4v) is 4.94. The molecule has 0 spiro atoms. The summed E-state index contributed by atoms with van der Waals surface area (Å²) in [6.45, 7) is 5.56. The van der Waals surface area contributed by atoms with Crippen LogP contribution in [0.2, 0.25) is 0 Å². The van der Waals surface area contributed by atoms with Gasteiger partial charge in [-0.1, -0.05) is 51.1 Å². The number of hydrogen-bond donors (Lipinski definition) is 1. The standard InChI is InChI=1S/C28H30N2O5/c1-4-18-9-7-10-19(5-2)25(18)29-23(31)16-35-28(34)20-12-14-21(15-13-20)30-26(32)22-11-6-8-17(3)24(22)27(30)33/h6-10,12-15,17,22,24H,4-5,11,16H2,1-3H3,(H,29,31)/t17-,22+,24-/m0/s1.